The number of anilines is 1. The number of carbonyl (C=O) groups excluding carboxylic acids is 1. The van der Waals surface area contributed by atoms with Gasteiger partial charge >= 0.3 is 5.97 Å². The fraction of sp³-hybridized carbons (Fsp3) is 0.200. The van der Waals surface area contributed by atoms with Crippen LogP contribution in [0.4, 0.5) is 10.1 Å². The zero-order chi connectivity index (χ0) is 18.3. The van der Waals surface area contributed by atoms with Crippen molar-refractivity contribution < 1.29 is 13.9 Å². The van der Waals surface area contributed by atoms with Crippen LogP contribution in [0.3, 0.4) is 0 Å². The number of nitrogens with one attached hydrogen (secondary N) is 1. The lowest BCUT2D eigenvalue weighted by Crippen LogP contribution is -2.08. The van der Waals surface area contributed by atoms with Gasteiger partial charge in [0.15, 0.2) is 5.69 Å². The van der Waals surface area contributed by atoms with Gasteiger partial charge in [-0.05, 0) is 42.7 Å². The van der Waals surface area contributed by atoms with Crippen molar-refractivity contribution in [3.8, 4) is 11.3 Å². The van der Waals surface area contributed by atoms with Crippen molar-refractivity contribution in [2.24, 2.45) is 0 Å². The van der Waals surface area contributed by atoms with Crippen LogP contribution in [0.25, 0.3) is 22.5 Å². The zero-order valence-electron chi connectivity index (χ0n) is 14.4. The van der Waals surface area contributed by atoms with E-state index in [9.17, 15) is 9.18 Å². The van der Waals surface area contributed by atoms with Crippen molar-refractivity contribution in [2.75, 3.05) is 19.0 Å². The molecule has 0 amide bonds. The molecular weight excluding hydrogens is 333 g/mol. The third-order valence-corrected chi connectivity index (χ3v) is 4.61. The number of nitrogens with zero attached hydrogens (tertiary/aromatic N) is 2. The predicted molar refractivity (Wildman–Crippen MR) is 98.7 cm³/mol. The van der Waals surface area contributed by atoms with E-state index in [0.717, 1.165) is 36.2 Å². The quantitative estimate of drug-likeness (QED) is 0.705. The molecule has 5 nitrogen and oxygen atoms in total. The second-order valence-electron chi connectivity index (χ2n) is 6.27. The molecule has 1 N–H and O–H groups in total. The summed E-state index contributed by atoms with van der Waals surface area (Å²) in [6, 6.07) is 7.81. The molecular formula is C20H18FN3O2. The fourth-order valence-corrected chi connectivity index (χ4v) is 3.28. The van der Waals surface area contributed by atoms with Crippen LogP contribution in [0.5, 0.6) is 0 Å². The molecule has 0 atom stereocenters. The maximum atomic E-state index is 13.3. The fourth-order valence-electron chi connectivity index (χ4n) is 3.28. The van der Waals surface area contributed by atoms with Crippen molar-refractivity contribution >= 4 is 22.9 Å². The molecule has 0 aliphatic carbocycles. The molecule has 0 saturated heterocycles. The Kier molecular flexibility index (Phi) is 3.95. The minimum absolute atomic E-state index is 0.314. The summed E-state index contributed by atoms with van der Waals surface area (Å²) in [6.45, 7) is 5.02. The summed E-state index contributed by atoms with van der Waals surface area (Å²) < 4.78 is 20.0. The maximum Gasteiger partial charge on any atom is 0.357 e. The van der Waals surface area contributed by atoms with E-state index in [-0.39, 0.29) is 5.82 Å². The minimum atomic E-state index is -0.496. The molecule has 0 spiro atoms. The van der Waals surface area contributed by atoms with Crippen LogP contribution in [-0.4, -0.2) is 29.0 Å². The summed E-state index contributed by atoms with van der Waals surface area (Å²) in [6.07, 6.45) is 3.76. The van der Waals surface area contributed by atoms with Gasteiger partial charge in [0.1, 0.15) is 17.2 Å². The summed E-state index contributed by atoms with van der Waals surface area (Å²) in [5.74, 6) is -0.840. The van der Waals surface area contributed by atoms with Crippen molar-refractivity contribution in [3.05, 3.63) is 60.2 Å². The number of allylic oxidation sites excluding steroid dienone is 1. The van der Waals surface area contributed by atoms with Gasteiger partial charge in [-0.25, -0.2) is 14.2 Å². The predicted octanol–water partition coefficient (Wildman–Crippen LogP) is 4.15. The Bertz CT molecular complexity index is 1020. The molecule has 6 heteroatoms. The van der Waals surface area contributed by atoms with Crippen LogP contribution < -0.4 is 5.32 Å². The van der Waals surface area contributed by atoms with Crippen LogP contribution in [0.15, 0.2) is 43.1 Å². The first-order chi connectivity index (χ1) is 12.6. The first kappa shape index (κ1) is 16.3. The maximum absolute atomic E-state index is 13.3. The summed E-state index contributed by atoms with van der Waals surface area (Å²) in [7, 11) is 1.33. The molecule has 0 saturated carbocycles. The van der Waals surface area contributed by atoms with Crippen LogP contribution >= 0.6 is 0 Å². The number of aromatic nitrogens is 2. The van der Waals surface area contributed by atoms with E-state index in [1.807, 2.05) is 12.3 Å². The van der Waals surface area contributed by atoms with Gasteiger partial charge in [0, 0.05) is 35.6 Å². The van der Waals surface area contributed by atoms with E-state index in [4.69, 9.17) is 4.74 Å². The molecule has 3 aromatic rings. The van der Waals surface area contributed by atoms with Crippen molar-refractivity contribution in [2.45, 2.75) is 12.8 Å². The highest BCUT2D eigenvalue weighted by Gasteiger charge is 2.23. The van der Waals surface area contributed by atoms with Crippen molar-refractivity contribution in [1.82, 2.24) is 9.38 Å². The number of hydrogen-bond acceptors (Lipinski definition) is 4. The number of esters is 1. The minimum Gasteiger partial charge on any atom is -0.464 e. The zero-order valence-corrected chi connectivity index (χ0v) is 14.4. The lowest BCUT2D eigenvalue weighted by molar-refractivity contribution is 0.0594. The van der Waals surface area contributed by atoms with Crippen molar-refractivity contribution in [3.63, 3.8) is 0 Å². The van der Waals surface area contributed by atoms with Gasteiger partial charge in [-0.1, -0.05) is 6.58 Å². The third kappa shape index (κ3) is 2.63. The first-order valence-electron chi connectivity index (χ1n) is 8.41. The van der Waals surface area contributed by atoms with Gasteiger partial charge in [0.2, 0.25) is 0 Å². The van der Waals surface area contributed by atoms with Crippen LogP contribution in [0.1, 0.15) is 28.9 Å². The van der Waals surface area contributed by atoms with E-state index in [0.29, 0.717) is 22.6 Å². The number of ether oxygens (including phenoxy) is 1. The number of carbonyl (C=O) groups is 1. The highest BCUT2D eigenvalue weighted by atomic mass is 19.1. The number of hydrogen-bond donors (Lipinski definition) is 1. The molecule has 132 valence electrons. The summed E-state index contributed by atoms with van der Waals surface area (Å²) in [4.78, 5) is 17.1. The summed E-state index contributed by atoms with van der Waals surface area (Å²) in [5, 5.41) is 3.39. The molecule has 0 radical (unpaired) electrons. The Morgan fingerprint density at radius 1 is 1.35 bits per heavy atom. The van der Waals surface area contributed by atoms with E-state index in [1.165, 1.54) is 19.2 Å². The lowest BCUT2D eigenvalue weighted by atomic mass is 10.0. The number of halogens is 1. The van der Waals surface area contributed by atoms with Crippen LogP contribution in [-0.2, 0) is 4.74 Å². The van der Waals surface area contributed by atoms with Gasteiger partial charge in [-0.3, -0.25) is 4.40 Å². The number of methoxy groups -OCH3 is 1. The Hall–Kier alpha value is -3.15. The monoisotopic (exact) mass is 351 g/mol. The van der Waals surface area contributed by atoms with E-state index in [2.05, 4.69) is 16.9 Å². The highest BCUT2D eigenvalue weighted by molar-refractivity contribution is 5.96. The van der Waals surface area contributed by atoms with Crippen molar-refractivity contribution in [1.29, 1.82) is 0 Å². The van der Waals surface area contributed by atoms with E-state index < -0.39 is 5.97 Å². The molecule has 3 heterocycles. The Balaban J connectivity index is 1.99. The molecule has 26 heavy (non-hydrogen) atoms. The second kappa shape index (κ2) is 6.29. The molecule has 1 aromatic carbocycles. The standard InChI is InChI=1S/C20H18FN3O2/c1-12-4-3-9-22-16-10-17-23-18(13-5-7-14(21)8-6-13)19(20(25)26-2)24(17)11-15(12)16/h5-8,10-11,22H,1,3-4,9H2,2H3. The number of fused-ring (bicyclic) bond motifs is 2. The Labute approximate surface area is 150 Å². The average Bonchev–Trinajstić information content (AvgIpc) is 2.92. The van der Waals surface area contributed by atoms with Crippen LogP contribution in [0, 0.1) is 5.82 Å². The molecule has 0 fully saturated rings. The molecule has 1 aliphatic rings. The lowest BCUT2D eigenvalue weighted by Gasteiger charge is -2.10. The normalized spacial score (nSPS) is 13.8. The van der Waals surface area contributed by atoms with E-state index in [1.54, 1.807) is 16.5 Å². The van der Waals surface area contributed by atoms with Gasteiger partial charge in [-0.15, -0.1) is 0 Å². The first-order valence-corrected chi connectivity index (χ1v) is 8.41. The number of benzene rings is 1. The molecule has 1 aliphatic heterocycles. The second-order valence-corrected chi connectivity index (χ2v) is 6.27. The van der Waals surface area contributed by atoms with Gasteiger partial charge in [0.25, 0.3) is 0 Å². The third-order valence-electron chi connectivity index (χ3n) is 4.61. The number of rotatable bonds is 2. The molecule has 4 rings (SSSR count). The van der Waals surface area contributed by atoms with Gasteiger partial charge in [0.05, 0.1) is 7.11 Å². The SMILES string of the molecule is C=C1CCCNc2cc3nc(-c4ccc(F)cc4)c(C(=O)OC)n3cc21. The van der Waals surface area contributed by atoms with Gasteiger partial charge < -0.3 is 10.1 Å². The smallest absolute Gasteiger partial charge is 0.357 e. The molecule has 0 bridgehead atoms. The highest BCUT2D eigenvalue weighted by Crippen LogP contribution is 2.33. The largest absolute Gasteiger partial charge is 0.464 e. The number of imidazole rings is 1. The van der Waals surface area contributed by atoms with Crippen LogP contribution in [0.2, 0.25) is 0 Å². The van der Waals surface area contributed by atoms with E-state index >= 15 is 0 Å². The Morgan fingerprint density at radius 3 is 2.85 bits per heavy atom. The summed E-state index contributed by atoms with van der Waals surface area (Å²) >= 11 is 0. The number of pyridine rings is 1. The Morgan fingerprint density at radius 2 is 2.12 bits per heavy atom. The molecule has 0 unspecified atom stereocenters. The average molecular weight is 351 g/mol. The molecule has 2 aromatic heterocycles. The topological polar surface area (TPSA) is 55.6 Å². The van der Waals surface area contributed by atoms with Gasteiger partial charge in [-0.2, -0.15) is 0 Å². The summed E-state index contributed by atoms with van der Waals surface area (Å²) in [5.41, 5.74) is 4.97.